The molecule has 0 unspecified atom stereocenters. The maximum absolute atomic E-state index is 12.9. The predicted octanol–water partition coefficient (Wildman–Crippen LogP) is 2.73. The Morgan fingerprint density at radius 1 is 1.42 bits per heavy atom. The van der Waals surface area contributed by atoms with Crippen LogP contribution in [0, 0.1) is 11.8 Å². The highest BCUT2D eigenvalue weighted by Gasteiger charge is 2.35. The predicted molar refractivity (Wildman–Crippen MR) is 81.8 cm³/mol. The minimum atomic E-state index is -4.68. The molecule has 6 nitrogen and oxygen atoms in total. The number of halogens is 3. The number of nitrogens with zero attached hydrogens (tertiary/aromatic N) is 2. The van der Waals surface area contributed by atoms with Crippen LogP contribution >= 0.6 is 0 Å². The number of nitrogens with two attached hydrogens (primary N) is 1. The second kappa shape index (κ2) is 7.38. The first-order chi connectivity index (χ1) is 10.9. The summed E-state index contributed by atoms with van der Waals surface area (Å²) >= 11 is 0. The van der Waals surface area contributed by atoms with Gasteiger partial charge in [-0.05, 0) is 27.7 Å². The Hall–Kier alpha value is -2.50. The lowest BCUT2D eigenvalue weighted by Gasteiger charge is -2.21. The van der Waals surface area contributed by atoms with Gasteiger partial charge in [-0.25, -0.2) is 14.8 Å². The third-order valence-corrected chi connectivity index (χ3v) is 2.47. The fraction of sp³-hybridized carbons (Fsp3) is 0.533. The molecule has 0 saturated heterocycles. The fourth-order valence-corrected chi connectivity index (χ4v) is 1.56. The Morgan fingerprint density at radius 3 is 2.58 bits per heavy atom. The number of rotatable bonds is 2. The van der Waals surface area contributed by atoms with Crippen LogP contribution in [0.15, 0.2) is 6.20 Å². The summed E-state index contributed by atoms with van der Waals surface area (Å²) in [5, 5.41) is 2.54. The summed E-state index contributed by atoms with van der Waals surface area (Å²) in [7, 11) is 0. The topological polar surface area (TPSA) is 90.1 Å². The lowest BCUT2D eigenvalue weighted by molar-refractivity contribution is -0.141. The van der Waals surface area contributed by atoms with Crippen LogP contribution in [0.25, 0.3) is 0 Å². The van der Waals surface area contributed by atoms with Gasteiger partial charge in [-0.3, -0.25) is 0 Å². The Kier molecular flexibility index (Phi) is 6.01. The first-order valence-electron chi connectivity index (χ1n) is 7.06. The fourth-order valence-electron chi connectivity index (χ4n) is 1.56. The van der Waals surface area contributed by atoms with Crippen LogP contribution in [-0.4, -0.2) is 27.7 Å². The molecule has 132 valence electrons. The van der Waals surface area contributed by atoms with Gasteiger partial charge in [0, 0.05) is 18.7 Å². The molecule has 0 aliphatic heterocycles. The van der Waals surface area contributed by atoms with Crippen LogP contribution in [0.3, 0.4) is 0 Å². The Bertz CT molecular complexity index is 657. The van der Waals surface area contributed by atoms with Crippen LogP contribution in [0.1, 0.15) is 45.4 Å². The molecule has 0 bridgehead atoms. The molecule has 1 rings (SSSR count). The van der Waals surface area contributed by atoms with Crippen LogP contribution in [0.2, 0.25) is 0 Å². The summed E-state index contributed by atoms with van der Waals surface area (Å²) in [5.41, 5.74) is 2.98. The number of carbonyl (C=O) groups is 1. The minimum absolute atomic E-state index is 0.126. The molecule has 3 N–H and O–H groups in total. The first-order valence-corrected chi connectivity index (χ1v) is 7.06. The van der Waals surface area contributed by atoms with E-state index in [0.717, 1.165) is 6.20 Å². The van der Waals surface area contributed by atoms with Crippen molar-refractivity contribution in [3.8, 4) is 11.8 Å². The Labute approximate surface area is 138 Å². The van der Waals surface area contributed by atoms with Crippen molar-refractivity contribution in [3.63, 3.8) is 0 Å². The number of amides is 1. The molecule has 1 heterocycles. The molecular formula is C15H19F3N4O2. The average molecular weight is 344 g/mol. The maximum Gasteiger partial charge on any atom is 0.434 e. The van der Waals surface area contributed by atoms with E-state index < -0.39 is 35.6 Å². The van der Waals surface area contributed by atoms with E-state index in [2.05, 4.69) is 27.1 Å². The standard InChI is InChI=1S/C15H19F3N4O2/c1-9(21-13(23)24-14(2,3)4)6-5-7-10-8-20-12(19)22-11(10)15(16,17)18/h8-9H,6H2,1-4H3,(H,21,23)(H2,19,20,22)/t9-/m0/s1. The lowest BCUT2D eigenvalue weighted by atomic mass is 10.2. The van der Waals surface area contributed by atoms with Crippen molar-refractivity contribution in [1.29, 1.82) is 0 Å². The van der Waals surface area contributed by atoms with Gasteiger partial charge in [0.25, 0.3) is 0 Å². The molecule has 1 aromatic heterocycles. The molecule has 0 aromatic carbocycles. The molecule has 1 amide bonds. The molecule has 1 atom stereocenters. The van der Waals surface area contributed by atoms with E-state index in [1.165, 1.54) is 0 Å². The number of ether oxygens (including phenoxy) is 1. The molecule has 0 spiro atoms. The van der Waals surface area contributed by atoms with Gasteiger partial charge < -0.3 is 15.8 Å². The van der Waals surface area contributed by atoms with E-state index in [9.17, 15) is 18.0 Å². The van der Waals surface area contributed by atoms with E-state index >= 15 is 0 Å². The van der Waals surface area contributed by atoms with Gasteiger partial charge in [0.15, 0.2) is 5.69 Å². The van der Waals surface area contributed by atoms with Crippen molar-refractivity contribution in [2.45, 2.75) is 51.9 Å². The molecule has 0 fully saturated rings. The van der Waals surface area contributed by atoms with Crippen molar-refractivity contribution in [3.05, 3.63) is 17.5 Å². The zero-order chi connectivity index (χ0) is 18.5. The number of hydrogen-bond acceptors (Lipinski definition) is 5. The highest BCUT2D eigenvalue weighted by Crippen LogP contribution is 2.30. The van der Waals surface area contributed by atoms with Gasteiger partial charge in [0.05, 0.1) is 5.56 Å². The normalized spacial score (nSPS) is 12.8. The number of carbonyl (C=O) groups excluding carboxylic acids is 1. The van der Waals surface area contributed by atoms with E-state index in [1.807, 2.05) is 0 Å². The second-order valence-electron chi connectivity index (χ2n) is 6.04. The third kappa shape index (κ3) is 6.73. The average Bonchev–Trinajstić information content (AvgIpc) is 2.36. The molecule has 24 heavy (non-hydrogen) atoms. The number of aromatic nitrogens is 2. The number of nitrogen functional groups attached to an aromatic ring is 1. The largest absolute Gasteiger partial charge is 0.444 e. The SMILES string of the molecule is C[C@@H](CC#Cc1cnc(N)nc1C(F)(F)F)NC(=O)OC(C)(C)C. The van der Waals surface area contributed by atoms with E-state index in [4.69, 9.17) is 10.5 Å². The summed E-state index contributed by atoms with van der Waals surface area (Å²) < 4.78 is 43.6. The van der Waals surface area contributed by atoms with Gasteiger partial charge in [0.2, 0.25) is 5.95 Å². The Balaban J connectivity index is 2.75. The number of anilines is 1. The van der Waals surface area contributed by atoms with E-state index in [1.54, 1.807) is 27.7 Å². The minimum Gasteiger partial charge on any atom is -0.444 e. The van der Waals surface area contributed by atoms with Gasteiger partial charge in [-0.2, -0.15) is 13.2 Å². The van der Waals surface area contributed by atoms with Gasteiger partial charge >= 0.3 is 12.3 Å². The Morgan fingerprint density at radius 2 is 2.04 bits per heavy atom. The summed E-state index contributed by atoms with van der Waals surface area (Å²) in [6, 6.07) is -0.406. The van der Waals surface area contributed by atoms with E-state index in [0.29, 0.717) is 0 Å². The number of alkyl halides is 3. The number of nitrogens with one attached hydrogen (secondary N) is 1. The zero-order valence-electron chi connectivity index (χ0n) is 13.8. The summed E-state index contributed by atoms with van der Waals surface area (Å²) in [6.45, 7) is 6.81. The van der Waals surface area contributed by atoms with Gasteiger partial charge in [0.1, 0.15) is 5.60 Å². The van der Waals surface area contributed by atoms with Crippen LogP contribution in [-0.2, 0) is 10.9 Å². The highest BCUT2D eigenvalue weighted by molar-refractivity contribution is 5.68. The third-order valence-electron chi connectivity index (χ3n) is 2.47. The highest BCUT2D eigenvalue weighted by atomic mass is 19.4. The second-order valence-corrected chi connectivity index (χ2v) is 6.04. The van der Waals surface area contributed by atoms with Crippen molar-refractivity contribution >= 4 is 12.0 Å². The quantitative estimate of drug-likeness (QED) is 0.805. The molecule has 1 aromatic rings. The summed E-state index contributed by atoms with van der Waals surface area (Å²) in [4.78, 5) is 18.3. The molecule has 0 aliphatic carbocycles. The van der Waals surface area contributed by atoms with Crippen molar-refractivity contribution < 1.29 is 22.7 Å². The zero-order valence-corrected chi connectivity index (χ0v) is 13.8. The van der Waals surface area contributed by atoms with Crippen LogP contribution in [0.5, 0.6) is 0 Å². The molecular weight excluding hydrogens is 325 g/mol. The van der Waals surface area contributed by atoms with Crippen LogP contribution in [0.4, 0.5) is 23.9 Å². The maximum atomic E-state index is 12.9. The van der Waals surface area contributed by atoms with E-state index in [-0.39, 0.29) is 12.0 Å². The smallest absolute Gasteiger partial charge is 0.434 e. The number of alkyl carbamates (subject to hydrolysis) is 1. The first kappa shape index (κ1) is 19.5. The molecule has 9 heteroatoms. The number of hydrogen-bond donors (Lipinski definition) is 2. The van der Waals surface area contributed by atoms with Gasteiger partial charge in [-0.1, -0.05) is 11.8 Å². The molecule has 0 saturated carbocycles. The van der Waals surface area contributed by atoms with Crippen molar-refractivity contribution in [2.24, 2.45) is 0 Å². The van der Waals surface area contributed by atoms with Gasteiger partial charge in [-0.15, -0.1) is 0 Å². The summed E-state index contributed by atoms with van der Waals surface area (Å²) in [5.74, 6) is 4.44. The lowest BCUT2D eigenvalue weighted by Crippen LogP contribution is -2.37. The summed E-state index contributed by atoms with van der Waals surface area (Å²) in [6.07, 6.45) is -4.25. The van der Waals surface area contributed by atoms with Crippen LogP contribution < -0.4 is 11.1 Å². The van der Waals surface area contributed by atoms with Crippen molar-refractivity contribution in [1.82, 2.24) is 15.3 Å². The molecule has 0 radical (unpaired) electrons. The molecule has 0 aliphatic rings. The van der Waals surface area contributed by atoms with Crippen molar-refractivity contribution in [2.75, 3.05) is 5.73 Å². The monoisotopic (exact) mass is 344 g/mol.